The van der Waals surface area contributed by atoms with Crippen LogP contribution < -0.4 is 0 Å². The topological polar surface area (TPSA) is 57.5 Å². The molecule has 2 bridgehead atoms. The van der Waals surface area contributed by atoms with E-state index in [4.69, 9.17) is 0 Å². The first-order valence-electron chi connectivity index (χ1n) is 9.62. The highest BCUT2D eigenvalue weighted by Crippen LogP contribution is 2.72. The van der Waals surface area contributed by atoms with Crippen LogP contribution in [0, 0.1) is 34.0 Å². The smallest absolute Gasteiger partial charge is 0.126 e. The number of aliphatic hydroxyl groups excluding tert-OH is 1. The van der Waals surface area contributed by atoms with Crippen molar-refractivity contribution in [3.8, 4) is 0 Å². The van der Waals surface area contributed by atoms with E-state index >= 15 is 0 Å². The van der Waals surface area contributed by atoms with E-state index in [1.54, 1.807) is 0 Å². The Bertz CT molecular complexity index is 519. The van der Waals surface area contributed by atoms with Crippen LogP contribution in [-0.2, 0) is 4.79 Å². The quantitative estimate of drug-likeness (QED) is 0.767. The van der Waals surface area contributed by atoms with Crippen LogP contribution in [0.1, 0.15) is 71.6 Å². The second kappa shape index (κ2) is 4.82. The number of aldehydes is 1. The highest BCUT2D eigenvalue weighted by Gasteiger charge is 2.67. The molecule has 0 aromatic carbocycles. The first-order chi connectivity index (χ1) is 10.8. The third kappa shape index (κ3) is 1.93. The minimum atomic E-state index is -0.847. The van der Waals surface area contributed by atoms with Gasteiger partial charge in [0.25, 0.3) is 0 Å². The normalized spacial score (nSPS) is 58.3. The van der Waals surface area contributed by atoms with Crippen LogP contribution in [0.2, 0.25) is 0 Å². The molecule has 0 heterocycles. The number of fused-ring (bicyclic) bond motifs is 3. The predicted octanol–water partition coefficient (Wildman–Crippen LogP) is 3.32. The first kappa shape index (κ1) is 16.1. The maximum absolute atomic E-state index is 11.9. The van der Waals surface area contributed by atoms with Crippen molar-refractivity contribution in [1.29, 1.82) is 0 Å². The van der Waals surface area contributed by atoms with Crippen LogP contribution >= 0.6 is 0 Å². The molecule has 130 valence electrons. The fourth-order valence-corrected chi connectivity index (χ4v) is 8.00. The third-order valence-electron chi connectivity index (χ3n) is 8.91. The SMILES string of the molecule is C[C@@]12CCC[C@@](C)(C=O)[C@H]1CC[C@@]13C[C@H](CC[C@H]12)[C@](O)(CO)C3. The van der Waals surface area contributed by atoms with E-state index in [1.165, 1.54) is 19.1 Å². The van der Waals surface area contributed by atoms with Gasteiger partial charge in [0, 0.05) is 5.41 Å². The van der Waals surface area contributed by atoms with Gasteiger partial charge in [-0.25, -0.2) is 0 Å². The van der Waals surface area contributed by atoms with Gasteiger partial charge in [0.15, 0.2) is 0 Å². The summed E-state index contributed by atoms with van der Waals surface area (Å²) in [5.74, 6) is 1.39. The Hall–Kier alpha value is -0.410. The maximum Gasteiger partial charge on any atom is 0.126 e. The minimum Gasteiger partial charge on any atom is -0.393 e. The molecule has 3 nitrogen and oxygen atoms in total. The van der Waals surface area contributed by atoms with E-state index in [-0.39, 0.29) is 28.8 Å². The highest BCUT2D eigenvalue weighted by atomic mass is 16.3. The monoisotopic (exact) mass is 320 g/mol. The van der Waals surface area contributed by atoms with Crippen molar-refractivity contribution in [3.63, 3.8) is 0 Å². The molecule has 3 heteroatoms. The van der Waals surface area contributed by atoms with Crippen molar-refractivity contribution in [2.45, 2.75) is 77.2 Å². The third-order valence-corrected chi connectivity index (χ3v) is 8.91. The molecule has 4 saturated carbocycles. The van der Waals surface area contributed by atoms with E-state index in [1.807, 2.05) is 0 Å². The summed E-state index contributed by atoms with van der Waals surface area (Å²) >= 11 is 0. The van der Waals surface area contributed by atoms with Crippen molar-refractivity contribution in [3.05, 3.63) is 0 Å². The summed E-state index contributed by atoms with van der Waals surface area (Å²) in [6, 6.07) is 0. The van der Waals surface area contributed by atoms with E-state index in [2.05, 4.69) is 13.8 Å². The Morgan fingerprint density at radius 1 is 1.09 bits per heavy atom. The first-order valence-corrected chi connectivity index (χ1v) is 9.62. The van der Waals surface area contributed by atoms with Gasteiger partial charge in [-0.05, 0) is 80.0 Å². The van der Waals surface area contributed by atoms with Crippen LogP contribution in [0.5, 0.6) is 0 Å². The molecule has 4 aliphatic carbocycles. The molecule has 0 amide bonds. The standard InChI is InChI=1S/C20H32O3/c1-17(12-21)7-3-8-18(2)15(17)6-9-19-10-14(4-5-16(18)19)20(23,11-19)13-22/h12,14-16,22-23H,3-11,13H2,1-2H3/t14-,15+,16-,17-,18+,19-,20+/m0/s1. The Kier molecular flexibility index (Phi) is 3.37. The highest BCUT2D eigenvalue weighted by molar-refractivity contribution is 5.60. The van der Waals surface area contributed by atoms with Crippen LogP contribution in [0.4, 0.5) is 0 Å². The summed E-state index contributed by atoms with van der Waals surface area (Å²) in [4.78, 5) is 11.9. The number of aliphatic hydroxyl groups is 2. The zero-order valence-corrected chi connectivity index (χ0v) is 14.7. The lowest BCUT2D eigenvalue weighted by Gasteiger charge is -2.63. The summed E-state index contributed by atoms with van der Waals surface area (Å²) in [7, 11) is 0. The zero-order valence-electron chi connectivity index (χ0n) is 14.7. The Morgan fingerprint density at radius 3 is 2.57 bits per heavy atom. The molecule has 4 fully saturated rings. The average molecular weight is 320 g/mol. The number of hydrogen-bond donors (Lipinski definition) is 2. The predicted molar refractivity (Wildman–Crippen MR) is 88.8 cm³/mol. The molecule has 0 saturated heterocycles. The fraction of sp³-hybridized carbons (Fsp3) is 0.950. The van der Waals surface area contributed by atoms with Gasteiger partial charge >= 0.3 is 0 Å². The lowest BCUT2D eigenvalue weighted by molar-refractivity contribution is -0.157. The molecule has 1 spiro atoms. The van der Waals surface area contributed by atoms with Crippen LogP contribution in [-0.4, -0.2) is 28.7 Å². The number of carbonyl (C=O) groups is 1. The molecule has 4 aliphatic rings. The van der Waals surface area contributed by atoms with Crippen LogP contribution in [0.3, 0.4) is 0 Å². The Morgan fingerprint density at radius 2 is 1.87 bits per heavy atom. The molecule has 23 heavy (non-hydrogen) atoms. The van der Waals surface area contributed by atoms with Crippen molar-refractivity contribution in [2.75, 3.05) is 6.61 Å². The number of rotatable bonds is 2. The minimum absolute atomic E-state index is 0.0850. The summed E-state index contributed by atoms with van der Waals surface area (Å²) in [6.07, 6.45) is 11.0. The molecular weight excluding hydrogens is 288 g/mol. The van der Waals surface area contributed by atoms with E-state index < -0.39 is 5.60 Å². The van der Waals surface area contributed by atoms with Crippen molar-refractivity contribution in [2.24, 2.45) is 34.0 Å². The van der Waals surface area contributed by atoms with Crippen molar-refractivity contribution in [1.82, 2.24) is 0 Å². The molecule has 0 aromatic rings. The van der Waals surface area contributed by atoms with E-state index in [9.17, 15) is 15.0 Å². The molecule has 0 aromatic heterocycles. The van der Waals surface area contributed by atoms with Gasteiger partial charge in [0.1, 0.15) is 6.29 Å². The Labute approximate surface area is 139 Å². The summed E-state index contributed by atoms with van der Waals surface area (Å²) in [6.45, 7) is 4.55. The fourth-order valence-electron chi connectivity index (χ4n) is 8.00. The molecule has 0 radical (unpaired) electrons. The maximum atomic E-state index is 11.9. The molecule has 0 aliphatic heterocycles. The molecule has 4 rings (SSSR count). The lowest BCUT2D eigenvalue weighted by atomic mass is 9.41. The molecule has 0 unspecified atom stereocenters. The number of hydrogen-bond acceptors (Lipinski definition) is 3. The van der Waals surface area contributed by atoms with Gasteiger partial charge in [-0.3, -0.25) is 0 Å². The average Bonchev–Trinajstić information content (AvgIpc) is 2.74. The molecule has 7 atom stereocenters. The summed E-state index contributed by atoms with van der Waals surface area (Å²) < 4.78 is 0. The summed E-state index contributed by atoms with van der Waals surface area (Å²) in [5.41, 5.74) is -0.553. The second-order valence-electron chi connectivity index (χ2n) is 9.91. The zero-order chi connectivity index (χ0) is 16.5. The van der Waals surface area contributed by atoms with Gasteiger partial charge in [0.2, 0.25) is 0 Å². The molecule has 2 N–H and O–H groups in total. The largest absolute Gasteiger partial charge is 0.393 e. The van der Waals surface area contributed by atoms with Gasteiger partial charge in [0.05, 0.1) is 12.2 Å². The van der Waals surface area contributed by atoms with Gasteiger partial charge in [-0.15, -0.1) is 0 Å². The van der Waals surface area contributed by atoms with Crippen LogP contribution in [0.25, 0.3) is 0 Å². The van der Waals surface area contributed by atoms with Gasteiger partial charge in [-0.2, -0.15) is 0 Å². The van der Waals surface area contributed by atoms with Crippen molar-refractivity contribution < 1.29 is 15.0 Å². The van der Waals surface area contributed by atoms with Crippen LogP contribution in [0.15, 0.2) is 0 Å². The Balaban J connectivity index is 1.72. The van der Waals surface area contributed by atoms with E-state index in [0.717, 1.165) is 44.9 Å². The summed E-state index contributed by atoms with van der Waals surface area (Å²) in [5, 5.41) is 20.7. The lowest BCUT2D eigenvalue weighted by Crippen LogP contribution is -2.56. The molecular formula is C20H32O3. The second-order valence-corrected chi connectivity index (χ2v) is 9.91. The van der Waals surface area contributed by atoms with Crippen molar-refractivity contribution >= 4 is 6.29 Å². The number of carbonyl (C=O) groups excluding carboxylic acids is 1. The van der Waals surface area contributed by atoms with E-state index in [0.29, 0.717) is 11.8 Å². The van der Waals surface area contributed by atoms with Gasteiger partial charge in [-0.1, -0.05) is 20.3 Å². The van der Waals surface area contributed by atoms with Gasteiger partial charge < -0.3 is 15.0 Å².